The van der Waals surface area contributed by atoms with Crippen LogP contribution in [0.25, 0.3) is 0 Å². The van der Waals surface area contributed by atoms with Gasteiger partial charge in [0, 0.05) is 18.7 Å². The topological polar surface area (TPSA) is 132 Å². The number of amides is 1. The predicted octanol–water partition coefficient (Wildman–Crippen LogP) is 1.60. The number of aromatic nitrogens is 2. The summed E-state index contributed by atoms with van der Waals surface area (Å²) in [6.07, 6.45) is 2.95. The summed E-state index contributed by atoms with van der Waals surface area (Å²) in [4.78, 5) is 34.8. The Morgan fingerprint density at radius 1 is 1.27 bits per heavy atom. The van der Waals surface area contributed by atoms with Crippen molar-refractivity contribution in [1.82, 2.24) is 15.4 Å². The second-order valence-corrected chi connectivity index (χ2v) is 6.80. The molecule has 1 aliphatic heterocycles. The number of nitrogens with one attached hydrogen (secondary N) is 2. The first-order chi connectivity index (χ1) is 14.5. The van der Waals surface area contributed by atoms with E-state index in [4.69, 9.17) is 15.2 Å². The molecule has 160 valence electrons. The van der Waals surface area contributed by atoms with E-state index in [9.17, 15) is 9.59 Å². The quantitative estimate of drug-likeness (QED) is 0.456. The number of hydrogen-bond acceptors (Lipinski definition) is 9. The molecule has 1 unspecified atom stereocenters. The van der Waals surface area contributed by atoms with Gasteiger partial charge in [0.15, 0.2) is 11.6 Å². The number of nitrogens with two attached hydrogens (primary N) is 1. The standard InChI is InChI=1S/C20H26N6O4/c1-3-30-20(28)14-5-4-10-26(11-14)18-16(21)17(22-12-23-18)24-25-19(27)13-6-8-15(29-2)9-7-13/h6-9,12,14H,3-5,10-11,21H2,1-2H3,(H,25,27)(H,22,23,24). The van der Waals surface area contributed by atoms with E-state index < -0.39 is 0 Å². The van der Waals surface area contributed by atoms with Gasteiger partial charge in [-0.2, -0.15) is 0 Å². The van der Waals surface area contributed by atoms with Gasteiger partial charge in [-0.05, 0) is 44.0 Å². The van der Waals surface area contributed by atoms with Gasteiger partial charge < -0.3 is 20.1 Å². The van der Waals surface area contributed by atoms with E-state index >= 15 is 0 Å². The molecule has 2 aromatic rings. The van der Waals surface area contributed by atoms with Crippen LogP contribution in [0, 0.1) is 5.92 Å². The minimum Gasteiger partial charge on any atom is -0.497 e. The van der Waals surface area contributed by atoms with Crippen molar-refractivity contribution in [3.63, 3.8) is 0 Å². The minimum absolute atomic E-state index is 0.208. The van der Waals surface area contributed by atoms with Crippen LogP contribution < -0.4 is 26.2 Å². The Morgan fingerprint density at radius 2 is 2.03 bits per heavy atom. The maximum atomic E-state index is 12.3. The number of hydrogen-bond donors (Lipinski definition) is 3. The number of esters is 1. The van der Waals surface area contributed by atoms with E-state index in [2.05, 4.69) is 20.8 Å². The van der Waals surface area contributed by atoms with Crippen LogP contribution in [0.2, 0.25) is 0 Å². The number of ether oxygens (including phenoxy) is 2. The Bertz CT molecular complexity index is 889. The molecule has 10 heteroatoms. The molecule has 1 amide bonds. The normalized spacial score (nSPS) is 15.9. The molecule has 0 saturated carbocycles. The Morgan fingerprint density at radius 3 is 2.73 bits per heavy atom. The van der Waals surface area contributed by atoms with Crippen LogP contribution in [0.1, 0.15) is 30.1 Å². The minimum atomic E-state index is -0.349. The number of nitrogen functional groups attached to an aromatic ring is 1. The molecule has 1 aliphatic rings. The smallest absolute Gasteiger partial charge is 0.310 e. The molecular weight excluding hydrogens is 388 g/mol. The number of carbonyl (C=O) groups excluding carboxylic acids is 2. The van der Waals surface area contributed by atoms with Gasteiger partial charge in [0.1, 0.15) is 17.8 Å². The zero-order valence-electron chi connectivity index (χ0n) is 17.1. The first kappa shape index (κ1) is 21.2. The molecule has 0 bridgehead atoms. The molecule has 10 nitrogen and oxygen atoms in total. The maximum Gasteiger partial charge on any atom is 0.310 e. The molecule has 2 heterocycles. The number of rotatable bonds is 7. The lowest BCUT2D eigenvalue weighted by atomic mass is 9.98. The van der Waals surface area contributed by atoms with Gasteiger partial charge in [0.2, 0.25) is 0 Å². The third-order valence-corrected chi connectivity index (χ3v) is 4.85. The van der Waals surface area contributed by atoms with Crippen LogP contribution in [0.4, 0.5) is 17.3 Å². The van der Waals surface area contributed by atoms with E-state index in [1.807, 2.05) is 4.90 Å². The van der Waals surface area contributed by atoms with Crippen molar-refractivity contribution in [3.8, 4) is 5.75 Å². The molecule has 0 aliphatic carbocycles. The number of carbonyl (C=O) groups is 2. The maximum absolute atomic E-state index is 12.3. The number of nitrogens with zero attached hydrogens (tertiary/aromatic N) is 3. The molecule has 1 aromatic carbocycles. The molecule has 30 heavy (non-hydrogen) atoms. The summed E-state index contributed by atoms with van der Waals surface area (Å²) in [7, 11) is 1.56. The largest absolute Gasteiger partial charge is 0.497 e. The lowest BCUT2D eigenvalue weighted by Gasteiger charge is -2.33. The number of piperidine rings is 1. The predicted molar refractivity (Wildman–Crippen MR) is 112 cm³/mol. The van der Waals surface area contributed by atoms with Crippen LogP contribution in [-0.2, 0) is 9.53 Å². The molecule has 1 atom stereocenters. The van der Waals surface area contributed by atoms with Crippen molar-refractivity contribution in [2.45, 2.75) is 19.8 Å². The summed E-state index contributed by atoms with van der Waals surface area (Å²) in [5, 5.41) is 0. The van der Waals surface area contributed by atoms with Crippen molar-refractivity contribution in [2.75, 3.05) is 42.9 Å². The Labute approximate surface area is 174 Å². The summed E-state index contributed by atoms with van der Waals surface area (Å²) >= 11 is 0. The van der Waals surface area contributed by atoms with Gasteiger partial charge in [-0.25, -0.2) is 9.97 Å². The van der Waals surface area contributed by atoms with Crippen molar-refractivity contribution in [3.05, 3.63) is 36.2 Å². The zero-order chi connectivity index (χ0) is 21.5. The third kappa shape index (κ3) is 4.88. The second-order valence-electron chi connectivity index (χ2n) is 6.80. The lowest BCUT2D eigenvalue weighted by molar-refractivity contribution is -0.148. The Hall–Kier alpha value is -3.56. The molecule has 4 N–H and O–H groups in total. The van der Waals surface area contributed by atoms with Gasteiger partial charge in [-0.3, -0.25) is 20.4 Å². The average molecular weight is 414 g/mol. The van der Waals surface area contributed by atoms with E-state index in [0.717, 1.165) is 19.4 Å². The fourth-order valence-electron chi connectivity index (χ4n) is 3.29. The van der Waals surface area contributed by atoms with Crippen molar-refractivity contribution in [2.24, 2.45) is 5.92 Å². The van der Waals surface area contributed by atoms with Crippen molar-refractivity contribution in [1.29, 1.82) is 0 Å². The van der Waals surface area contributed by atoms with Gasteiger partial charge in [0.05, 0.1) is 19.6 Å². The SMILES string of the molecule is CCOC(=O)C1CCCN(c2ncnc(NNC(=O)c3ccc(OC)cc3)c2N)C1. The Balaban J connectivity index is 1.67. The fraction of sp³-hybridized carbons (Fsp3) is 0.400. The monoisotopic (exact) mass is 414 g/mol. The third-order valence-electron chi connectivity index (χ3n) is 4.85. The average Bonchev–Trinajstić information content (AvgIpc) is 2.78. The molecule has 0 spiro atoms. The van der Waals surface area contributed by atoms with Crippen LogP contribution in [0.3, 0.4) is 0 Å². The second kappa shape index (κ2) is 9.77. The Kier molecular flexibility index (Phi) is 6.89. The molecular formula is C20H26N6O4. The molecule has 1 aromatic heterocycles. The van der Waals surface area contributed by atoms with Crippen LogP contribution in [0.5, 0.6) is 5.75 Å². The lowest BCUT2D eigenvalue weighted by Crippen LogP contribution is -2.40. The van der Waals surface area contributed by atoms with Crippen LogP contribution >= 0.6 is 0 Å². The van der Waals surface area contributed by atoms with Crippen LogP contribution in [-0.4, -0.2) is 48.7 Å². The summed E-state index contributed by atoms with van der Waals surface area (Å²) in [6.45, 7) is 3.33. The van der Waals surface area contributed by atoms with E-state index in [1.165, 1.54) is 6.33 Å². The molecule has 1 fully saturated rings. The summed E-state index contributed by atoms with van der Waals surface area (Å²) < 4.78 is 10.2. The number of methoxy groups -OCH3 is 1. The van der Waals surface area contributed by atoms with E-state index in [-0.39, 0.29) is 29.3 Å². The summed E-state index contributed by atoms with van der Waals surface area (Å²) in [5.41, 5.74) is 12.3. The van der Waals surface area contributed by atoms with Gasteiger partial charge in [-0.1, -0.05) is 0 Å². The number of benzene rings is 1. The highest BCUT2D eigenvalue weighted by Gasteiger charge is 2.29. The first-order valence-electron chi connectivity index (χ1n) is 9.76. The fourth-order valence-corrected chi connectivity index (χ4v) is 3.29. The van der Waals surface area contributed by atoms with Crippen molar-refractivity contribution >= 4 is 29.2 Å². The van der Waals surface area contributed by atoms with Crippen molar-refractivity contribution < 1.29 is 19.1 Å². The van der Waals surface area contributed by atoms with Crippen LogP contribution in [0.15, 0.2) is 30.6 Å². The zero-order valence-corrected chi connectivity index (χ0v) is 17.1. The highest BCUT2D eigenvalue weighted by atomic mass is 16.5. The summed E-state index contributed by atoms with van der Waals surface area (Å²) in [5.74, 6) is 0.670. The molecule has 0 radical (unpaired) electrons. The highest BCUT2D eigenvalue weighted by molar-refractivity contribution is 5.95. The molecule has 1 saturated heterocycles. The van der Waals surface area contributed by atoms with Gasteiger partial charge in [0.25, 0.3) is 5.91 Å². The molecule has 3 rings (SSSR count). The highest BCUT2D eigenvalue weighted by Crippen LogP contribution is 2.29. The van der Waals surface area contributed by atoms with Gasteiger partial charge >= 0.3 is 5.97 Å². The van der Waals surface area contributed by atoms with Gasteiger partial charge in [-0.15, -0.1) is 0 Å². The summed E-state index contributed by atoms with van der Waals surface area (Å²) in [6, 6.07) is 6.69. The van der Waals surface area contributed by atoms with E-state index in [1.54, 1.807) is 38.3 Å². The number of hydrazine groups is 1. The first-order valence-corrected chi connectivity index (χ1v) is 9.76. The van der Waals surface area contributed by atoms with E-state index in [0.29, 0.717) is 30.3 Å². The number of anilines is 3.